The van der Waals surface area contributed by atoms with Gasteiger partial charge in [0, 0.05) is 42.9 Å². The highest BCUT2D eigenvalue weighted by Crippen LogP contribution is 2.29. The van der Waals surface area contributed by atoms with Gasteiger partial charge in [0.05, 0.1) is 16.6 Å². The first kappa shape index (κ1) is 25.7. The zero-order chi connectivity index (χ0) is 26.1. The maximum absolute atomic E-state index is 13.4. The Hall–Kier alpha value is -2.91. The van der Waals surface area contributed by atoms with Gasteiger partial charge in [-0.15, -0.1) is 11.3 Å². The van der Waals surface area contributed by atoms with Crippen LogP contribution >= 0.6 is 22.9 Å². The molecule has 2 amide bonds. The molecule has 0 spiro atoms. The van der Waals surface area contributed by atoms with E-state index in [0.29, 0.717) is 51.9 Å². The second-order valence-corrected chi connectivity index (χ2v) is 11.4. The SMILES string of the molecule is Cc1c(C(=O)N2CCN(c3cccc(Cl)c3)CC2)sc2ncn(C(C)C(=O)NC3CCCCC3)c(=O)c12. The fraction of sp³-hybridized carbons (Fsp3) is 0.481. The van der Waals surface area contributed by atoms with E-state index in [4.69, 9.17) is 11.6 Å². The molecule has 1 unspecified atom stereocenters. The Morgan fingerprint density at radius 2 is 1.86 bits per heavy atom. The van der Waals surface area contributed by atoms with E-state index in [1.54, 1.807) is 13.8 Å². The number of amides is 2. The monoisotopic (exact) mass is 541 g/mol. The lowest BCUT2D eigenvalue weighted by Gasteiger charge is -2.36. The van der Waals surface area contributed by atoms with E-state index in [1.807, 2.05) is 29.2 Å². The molecule has 1 atom stereocenters. The van der Waals surface area contributed by atoms with E-state index in [2.05, 4.69) is 15.2 Å². The number of anilines is 1. The quantitative estimate of drug-likeness (QED) is 0.517. The minimum Gasteiger partial charge on any atom is -0.368 e. The average molecular weight is 542 g/mol. The summed E-state index contributed by atoms with van der Waals surface area (Å²) in [5.41, 5.74) is 1.40. The second-order valence-electron chi connectivity index (χ2n) is 9.97. The van der Waals surface area contributed by atoms with Gasteiger partial charge in [-0.25, -0.2) is 4.98 Å². The van der Waals surface area contributed by atoms with Crippen molar-refractivity contribution in [3.05, 3.63) is 56.4 Å². The molecule has 196 valence electrons. The molecule has 5 rings (SSSR count). The summed E-state index contributed by atoms with van der Waals surface area (Å²) in [7, 11) is 0. The number of benzene rings is 1. The van der Waals surface area contributed by atoms with Crippen molar-refractivity contribution in [3.63, 3.8) is 0 Å². The van der Waals surface area contributed by atoms with Gasteiger partial charge >= 0.3 is 0 Å². The lowest BCUT2D eigenvalue weighted by molar-refractivity contribution is -0.124. The van der Waals surface area contributed by atoms with Gasteiger partial charge in [-0.1, -0.05) is 36.9 Å². The molecule has 1 aromatic carbocycles. The van der Waals surface area contributed by atoms with Crippen LogP contribution in [0.25, 0.3) is 10.2 Å². The van der Waals surface area contributed by atoms with E-state index in [1.165, 1.54) is 28.7 Å². The van der Waals surface area contributed by atoms with Crippen molar-refractivity contribution in [1.82, 2.24) is 19.8 Å². The predicted octanol–water partition coefficient (Wildman–Crippen LogP) is 4.39. The molecule has 2 fully saturated rings. The van der Waals surface area contributed by atoms with Crippen molar-refractivity contribution in [2.45, 2.75) is 58.0 Å². The number of hydrogen-bond donors (Lipinski definition) is 1. The largest absolute Gasteiger partial charge is 0.368 e. The zero-order valence-electron chi connectivity index (χ0n) is 21.2. The summed E-state index contributed by atoms with van der Waals surface area (Å²) in [5.74, 6) is -0.253. The first-order chi connectivity index (χ1) is 17.8. The molecule has 0 bridgehead atoms. The van der Waals surface area contributed by atoms with Crippen molar-refractivity contribution in [2.24, 2.45) is 0 Å². The first-order valence-corrected chi connectivity index (χ1v) is 14.1. The summed E-state index contributed by atoms with van der Waals surface area (Å²) >= 11 is 7.39. The number of aromatic nitrogens is 2. The highest BCUT2D eigenvalue weighted by atomic mass is 35.5. The molecule has 1 saturated carbocycles. The van der Waals surface area contributed by atoms with Gasteiger partial charge in [-0.2, -0.15) is 0 Å². The molecule has 8 nitrogen and oxygen atoms in total. The molecule has 37 heavy (non-hydrogen) atoms. The minimum absolute atomic E-state index is 0.0831. The highest BCUT2D eigenvalue weighted by molar-refractivity contribution is 7.20. The van der Waals surface area contributed by atoms with Crippen molar-refractivity contribution in [2.75, 3.05) is 31.1 Å². The van der Waals surface area contributed by atoms with Gasteiger partial charge < -0.3 is 15.1 Å². The summed E-state index contributed by atoms with van der Waals surface area (Å²) in [5, 5.41) is 4.21. The van der Waals surface area contributed by atoms with Crippen LogP contribution in [0.5, 0.6) is 0 Å². The third-order valence-electron chi connectivity index (χ3n) is 7.56. The molecule has 2 aliphatic rings. The van der Waals surface area contributed by atoms with Crippen LogP contribution in [0.15, 0.2) is 35.4 Å². The average Bonchev–Trinajstić information content (AvgIpc) is 3.25. The Balaban J connectivity index is 1.32. The van der Waals surface area contributed by atoms with E-state index >= 15 is 0 Å². The molecular weight excluding hydrogens is 510 g/mol. The lowest BCUT2D eigenvalue weighted by atomic mass is 9.95. The van der Waals surface area contributed by atoms with E-state index in [0.717, 1.165) is 31.4 Å². The van der Waals surface area contributed by atoms with Gasteiger partial charge in [0.15, 0.2) is 0 Å². The maximum Gasteiger partial charge on any atom is 0.264 e. The molecular formula is C27H32ClN5O3S. The number of carbonyl (C=O) groups is 2. The minimum atomic E-state index is -0.677. The van der Waals surface area contributed by atoms with Crippen LogP contribution < -0.4 is 15.8 Å². The summed E-state index contributed by atoms with van der Waals surface area (Å²) in [4.78, 5) is 49.3. The smallest absolute Gasteiger partial charge is 0.264 e. The molecule has 1 N–H and O–H groups in total. The van der Waals surface area contributed by atoms with Crippen LogP contribution in [-0.4, -0.2) is 58.5 Å². The third-order valence-corrected chi connectivity index (χ3v) is 8.98. The van der Waals surface area contributed by atoms with Crippen LogP contribution in [0.3, 0.4) is 0 Å². The number of hydrogen-bond acceptors (Lipinski definition) is 6. The second kappa shape index (κ2) is 10.8. The van der Waals surface area contributed by atoms with Crippen molar-refractivity contribution in [1.29, 1.82) is 0 Å². The van der Waals surface area contributed by atoms with Gasteiger partial charge in [0.2, 0.25) is 5.91 Å². The normalized spacial score (nSPS) is 17.7. The Morgan fingerprint density at radius 1 is 1.14 bits per heavy atom. The molecule has 3 aromatic rings. The maximum atomic E-state index is 13.4. The molecule has 10 heteroatoms. The molecule has 1 saturated heterocycles. The molecule has 0 radical (unpaired) electrons. The number of fused-ring (bicyclic) bond motifs is 1. The van der Waals surface area contributed by atoms with Crippen molar-refractivity contribution >= 4 is 50.7 Å². The van der Waals surface area contributed by atoms with Gasteiger partial charge in [0.25, 0.3) is 11.5 Å². The summed E-state index contributed by atoms with van der Waals surface area (Å²) in [6, 6.07) is 7.22. The van der Waals surface area contributed by atoms with Crippen LogP contribution in [0.4, 0.5) is 5.69 Å². The summed E-state index contributed by atoms with van der Waals surface area (Å²) in [6.45, 7) is 6.09. The molecule has 2 aromatic heterocycles. The van der Waals surface area contributed by atoms with Crippen LogP contribution in [-0.2, 0) is 4.79 Å². The topological polar surface area (TPSA) is 87.5 Å². The zero-order valence-corrected chi connectivity index (χ0v) is 22.8. The number of thiophene rings is 1. The highest BCUT2D eigenvalue weighted by Gasteiger charge is 2.28. The predicted molar refractivity (Wildman–Crippen MR) is 148 cm³/mol. The standard InChI is InChI=1S/C27H32ClN5O3S/c1-17-22-25(29-16-33(26(22)35)18(2)24(34)30-20-8-4-3-5-9-20)37-23(17)27(36)32-13-11-31(12-14-32)21-10-6-7-19(28)15-21/h6-7,10,15-16,18,20H,3-5,8-9,11-14H2,1-2H3,(H,30,34). The first-order valence-electron chi connectivity index (χ1n) is 12.9. The van der Waals surface area contributed by atoms with E-state index in [-0.39, 0.29) is 23.4 Å². The Kier molecular flexibility index (Phi) is 7.53. The van der Waals surface area contributed by atoms with E-state index < -0.39 is 6.04 Å². The summed E-state index contributed by atoms with van der Waals surface area (Å²) < 4.78 is 1.39. The molecule has 1 aliphatic heterocycles. The number of nitrogens with one attached hydrogen (secondary N) is 1. The fourth-order valence-electron chi connectivity index (χ4n) is 5.30. The lowest BCUT2D eigenvalue weighted by Crippen LogP contribution is -2.48. The Labute approximate surface area is 225 Å². The number of aryl methyl sites for hydroxylation is 1. The number of nitrogens with zero attached hydrogens (tertiary/aromatic N) is 4. The van der Waals surface area contributed by atoms with Crippen LogP contribution in [0.1, 0.15) is 60.3 Å². The van der Waals surface area contributed by atoms with Crippen molar-refractivity contribution in [3.8, 4) is 0 Å². The Morgan fingerprint density at radius 3 is 2.57 bits per heavy atom. The van der Waals surface area contributed by atoms with Crippen molar-refractivity contribution < 1.29 is 9.59 Å². The summed E-state index contributed by atoms with van der Waals surface area (Å²) in [6.07, 6.45) is 6.84. The van der Waals surface area contributed by atoms with Gasteiger partial charge in [-0.3, -0.25) is 19.0 Å². The van der Waals surface area contributed by atoms with Crippen LogP contribution in [0, 0.1) is 6.92 Å². The Bertz CT molecular complexity index is 1370. The number of piperazine rings is 1. The molecule has 1 aliphatic carbocycles. The number of carbonyl (C=O) groups excluding carboxylic acids is 2. The van der Waals surface area contributed by atoms with Crippen LogP contribution in [0.2, 0.25) is 5.02 Å². The molecule has 3 heterocycles. The number of rotatable bonds is 5. The third kappa shape index (κ3) is 5.25. The fourth-order valence-corrected chi connectivity index (χ4v) is 6.59. The number of halogens is 1. The van der Waals surface area contributed by atoms with Gasteiger partial charge in [0.1, 0.15) is 10.9 Å². The van der Waals surface area contributed by atoms with E-state index in [9.17, 15) is 14.4 Å². The van der Waals surface area contributed by atoms with Gasteiger partial charge in [-0.05, 0) is 50.5 Å².